The van der Waals surface area contributed by atoms with E-state index in [1.807, 2.05) is 20.8 Å². The standard InChI is InChI=1S/C38H64O10/c1-20(2)11-10-14-38(9,48-33-31(45)30(44)29(43)25(19-39)47-33)22-12-16-36(7)28(22)23(41)17-26-35(6)15-13-27(46-21(3)40)34(4,5)32(35)24(42)18-37(26,36)8/h11,22-33,39,41-45H,10,12-19H2,1-9H3/t22-,23+,24-,25+,26+,27-,28-,29+,30-,31+,32-,33-,35+,36+,37+,38?/m0/s1. The molecule has 0 radical (unpaired) electrons. The summed E-state index contributed by atoms with van der Waals surface area (Å²) in [5, 5.41) is 66.3. The summed E-state index contributed by atoms with van der Waals surface area (Å²) < 4.78 is 18.4. The summed E-state index contributed by atoms with van der Waals surface area (Å²) in [6, 6.07) is 0. The second-order valence-electron chi connectivity index (χ2n) is 18.0. The SMILES string of the molecule is CC(=O)O[C@H]1CC[C@]2(C)[C@H]3C[C@@H](O)[C@@H]4[C@@H](C(C)(CCC=C(C)C)O[C@@H]5O[C@H](CO)[C@@H](O)[C@H](O)[C@H]5O)CC[C@@]4(C)[C@]3(C)C[C@H](O)[C@H]2C1(C)C. The van der Waals surface area contributed by atoms with E-state index in [0.29, 0.717) is 32.1 Å². The summed E-state index contributed by atoms with van der Waals surface area (Å²) >= 11 is 0. The number of carbonyl (C=O) groups is 1. The van der Waals surface area contributed by atoms with Gasteiger partial charge in [0.1, 0.15) is 30.5 Å². The molecule has 5 aliphatic rings. The Morgan fingerprint density at radius 1 is 0.917 bits per heavy atom. The predicted octanol–water partition coefficient (Wildman–Crippen LogP) is 3.87. The van der Waals surface area contributed by atoms with Crippen molar-refractivity contribution in [2.45, 2.75) is 168 Å². The first-order valence-corrected chi connectivity index (χ1v) is 18.3. The Morgan fingerprint density at radius 2 is 1.58 bits per heavy atom. The second kappa shape index (κ2) is 13.1. The van der Waals surface area contributed by atoms with Gasteiger partial charge in [-0.15, -0.1) is 0 Å². The maximum Gasteiger partial charge on any atom is 0.302 e. The number of aliphatic hydroxyl groups excluding tert-OH is 6. The minimum atomic E-state index is -1.55. The summed E-state index contributed by atoms with van der Waals surface area (Å²) in [5.41, 5.74) is -1.09. The van der Waals surface area contributed by atoms with Crippen LogP contribution in [0.3, 0.4) is 0 Å². The van der Waals surface area contributed by atoms with Crippen LogP contribution in [0, 0.1) is 45.3 Å². The van der Waals surface area contributed by atoms with Crippen molar-refractivity contribution in [1.82, 2.24) is 0 Å². The van der Waals surface area contributed by atoms with Crippen LogP contribution in [0.1, 0.15) is 114 Å². The summed E-state index contributed by atoms with van der Waals surface area (Å²) in [6.07, 6.45) is -0.730. The molecule has 0 aromatic rings. The van der Waals surface area contributed by atoms with Crippen molar-refractivity contribution >= 4 is 5.97 Å². The van der Waals surface area contributed by atoms with Crippen LogP contribution in [-0.4, -0.2) is 97.8 Å². The van der Waals surface area contributed by atoms with E-state index in [-0.39, 0.29) is 52.0 Å². The van der Waals surface area contributed by atoms with Gasteiger partial charge >= 0.3 is 5.97 Å². The Hall–Kier alpha value is -1.11. The van der Waals surface area contributed by atoms with Crippen LogP contribution in [0.25, 0.3) is 0 Å². The predicted molar refractivity (Wildman–Crippen MR) is 179 cm³/mol. The molecular weight excluding hydrogens is 616 g/mol. The van der Waals surface area contributed by atoms with Gasteiger partial charge in [-0.2, -0.15) is 0 Å². The van der Waals surface area contributed by atoms with E-state index < -0.39 is 60.5 Å². The van der Waals surface area contributed by atoms with Crippen LogP contribution in [0.4, 0.5) is 0 Å². The van der Waals surface area contributed by atoms with Gasteiger partial charge in [-0.25, -0.2) is 0 Å². The maximum atomic E-state index is 12.3. The molecule has 1 saturated heterocycles. The first-order chi connectivity index (χ1) is 22.2. The van der Waals surface area contributed by atoms with Gasteiger partial charge in [0.25, 0.3) is 0 Å². The smallest absolute Gasteiger partial charge is 0.302 e. The zero-order valence-electron chi connectivity index (χ0n) is 30.7. The normalized spacial score (nSPS) is 49.6. The number of hydrogen-bond acceptors (Lipinski definition) is 10. The molecule has 5 rings (SSSR count). The van der Waals surface area contributed by atoms with Gasteiger partial charge in [-0.05, 0) is 112 Å². The maximum absolute atomic E-state index is 12.3. The van der Waals surface area contributed by atoms with Crippen molar-refractivity contribution < 1.29 is 49.6 Å². The van der Waals surface area contributed by atoms with Gasteiger partial charge in [0.15, 0.2) is 6.29 Å². The molecule has 10 heteroatoms. The van der Waals surface area contributed by atoms with Crippen LogP contribution in [0.2, 0.25) is 0 Å². The average molecular weight is 681 g/mol. The minimum Gasteiger partial charge on any atom is -0.462 e. The van der Waals surface area contributed by atoms with Crippen LogP contribution in [-0.2, 0) is 19.0 Å². The monoisotopic (exact) mass is 680 g/mol. The fourth-order valence-corrected chi connectivity index (χ4v) is 12.4. The number of rotatable bonds is 8. The highest BCUT2D eigenvalue weighted by Gasteiger charge is 2.73. The fourth-order valence-electron chi connectivity index (χ4n) is 12.4. The highest BCUT2D eigenvalue weighted by atomic mass is 16.7. The average Bonchev–Trinajstić information content (AvgIpc) is 3.36. The molecule has 0 aromatic heterocycles. The molecular formula is C38H64O10. The van der Waals surface area contributed by atoms with Gasteiger partial charge in [-0.3, -0.25) is 4.79 Å². The summed E-state index contributed by atoms with van der Waals surface area (Å²) in [7, 11) is 0. The number of allylic oxidation sites excluding steroid dienone is 2. The molecule has 0 aromatic carbocycles. The highest BCUT2D eigenvalue weighted by Crippen LogP contribution is 2.76. The number of ether oxygens (including phenoxy) is 3. The second-order valence-corrected chi connectivity index (χ2v) is 18.0. The van der Waals surface area contributed by atoms with Crippen molar-refractivity contribution in [2.24, 2.45) is 45.3 Å². The van der Waals surface area contributed by atoms with E-state index >= 15 is 0 Å². The zero-order valence-corrected chi connectivity index (χ0v) is 30.7. The number of hydrogen-bond donors (Lipinski definition) is 6. The molecule has 0 spiro atoms. The minimum absolute atomic E-state index is 0.102. The van der Waals surface area contributed by atoms with E-state index in [4.69, 9.17) is 14.2 Å². The summed E-state index contributed by atoms with van der Waals surface area (Å²) in [6.45, 7) is 18.2. The molecule has 6 N–H and O–H groups in total. The number of carbonyl (C=O) groups excluding carboxylic acids is 1. The third-order valence-electron chi connectivity index (χ3n) is 14.7. The lowest BCUT2D eigenvalue weighted by Gasteiger charge is -2.71. The van der Waals surface area contributed by atoms with Gasteiger partial charge in [0.2, 0.25) is 0 Å². The first-order valence-electron chi connectivity index (χ1n) is 18.3. The molecule has 0 amide bonds. The van der Waals surface area contributed by atoms with E-state index in [1.165, 1.54) is 12.5 Å². The first kappa shape index (κ1) is 38.1. The molecule has 4 aliphatic carbocycles. The molecule has 5 fully saturated rings. The van der Waals surface area contributed by atoms with Crippen LogP contribution in [0.15, 0.2) is 11.6 Å². The van der Waals surface area contributed by atoms with E-state index in [1.54, 1.807) is 0 Å². The Kier molecular flexibility index (Phi) is 10.4. The Morgan fingerprint density at radius 3 is 2.19 bits per heavy atom. The van der Waals surface area contributed by atoms with Gasteiger partial charge in [0, 0.05) is 12.3 Å². The summed E-state index contributed by atoms with van der Waals surface area (Å²) in [5.74, 6) is -0.570. The fraction of sp³-hybridized carbons (Fsp3) is 0.921. The molecule has 16 atom stereocenters. The molecule has 1 unspecified atom stereocenters. The van der Waals surface area contributed by atoms with Crippen molar-refractivity contribution in [2.75, 3.05) is 6.61 Å². The topological polar surface area (TPSA) is 166 Å². The lowest BCUT2D eigenvalue weighted by molar-refractivity contribution is -0.336. The van der Waals surface area contributed by atoms with Gasteiger partial charge < -0.3 is 44.8 Å². The zero-order chi connectivity index (χ0) is 35.8. The number of esters is 1. The lowest BCUT2D eigenvalue weighted by atomic mass is 9.34. The Labute approximate surface area is 287 Å². The third-order valence-corrected chi connectivity index (χ3v) is 14.7. The summed E-state index contributed by atoms with van der Waals surface area (Å²) in [4.78, 5) is 12.0. The van der Waals surface area contributed by atoms with E-state index in [9.17, 15) is 35.4 Å². The molecule has 10 nitrogen and oxygen atoms in total. The quantitative estimate of drug-likeness (QED) is 0.164. The van der Waals surface area contributed by atoms with Crippen molar-refractivity contribution in [3.05, 3.63) is 11.6 Å². The molecule has 48 heavy (non-hydrogen) atoms. The van der Waals surface area contributed by atoms with Crippen molar-refractivity contribution in [3.63, 3.8) is 0 Å². The van der Waals surface area contributed by atoms with Crippen LogP contribution in [0.5, 0.6) is 0 Å². The van der Waals surface area contributed by atoms with E-state index in [2.05, 4.69) is 40.7 Å². The molecule has 1 aliphatic heterocycles. The van der Waals surface area contributed by atoms with Gasteiger partial charge in [-0.1, -0.05) is 46.3 Å². The lowest BCUT2D eigenvalue weighted by Crippen LogP contribution is -2.70. The molecule has 276 valence electrons. The molecule has 1 heterocycles. The van der Waals surface area contributed by atoms with Crippen molar-refractivity contribution in [3.8, 4) is 0 Å². The largest absolute Gasteiger partial charge is 0.462 e. The van der Waals surface area contributed by atoms with Crippen LogP contribution >= 0.6 is 0 Å². The Balaban J connectivity index is 1.50. The Bertz CT molecular complexity index is 1220. The molecule has 4 saturated carbocycles. The molecule has 0 bridgehead atoms. The van der Waals surface area contributed by atoms with E-state index in [0.717, 1.165) is 19.3 Å². The van der Waals surface area contributed by atoms with Crippen LogP contribution < -0.4 is 0 Å². The van der Waals surface area contributed by atoms with Crippen molar-refractivity contribution in [1.29, 1.82) is 0 Å². The highest BCUT2D eigenvalue weighted by molar-refractivity contribution is 5.66. The number of fused-ring (bicyclic) bond motifs is 5. The number of aliphatic hydroxyl groups is 6. The van der Waals surface area contributed by atoms with Gasteiger partial charge in [0.05, 0.1) is 24.4 Å². The third kappa shape index (κ3) is 5.92.